The summed E-state index contributed by atoms with van der Waals surface area (Å²) in [6, 6.07) is 0.188. The topological polar surface area (TPSA) is 63.4 Å². The molecule has 1 aromatic rings. The van der Waals surface area contributed by atoms with Gasteiger partial charge >= 0.3 is 0 Å². The van der Waals surface area contributed by atoms with Crippen LogP contribution in [0, 0.1) is 0 Å². The molecule has 6 nitrogen and oxygen atoms in total. The Morgan fingerprint density at radius 2 is 2.11 bits per heavy atom. The van der Waals surface area contributed by atoms with E-state index in [-0.39, 0.29) is 24.9 Å². The molecular weight excluding hydrogens is 232 g/mol. The second-order valence-corrected chi connectivity index (χ2v) is 4.95. The number of aliphatic hydroxyl groups is 1. The summed E-state index contributed by atoms with van der Waals surface area (Å²) in [5, 5.41) is 13.2. The van der Waals surface area contributed by atoms with Crippen molar-refractivity contribution >= 4 is 0 Å². The number of aromatic nitrogens is 3. The van der Waals surface area contributed by atoms with E-state index in [1.165, 1.54) is 0 Å². The highest BCUT2D eigenvalue weighted by Gasteiger charge is 2.28. The minimum atomic E-state index is 0.0823. The average Bonchev–Trinajstić information content (AvgIpc) is 2.75. The zero-order valence-electron chi connectivity index (χ0n) is 11.3. The van der Waals surface area contributed by atoms with E-state index in [9.17, 15) is 0 Å². The number of rotatable bonds is 4. The van der Waals surface area contributed by atoms with Crippen LogP contribution >= 0.6 is 0 Å². The summed E-state index contributed by atoms with van der Waals surface area (Å²) < 4.78 is 7.51. The normalized spacial score (nSPS) is 27.3. The first-order valence-electron chi connectivity index (χ1n) is 6.50. The maximum absolute atomic E-state index is 9.02. The standard InChI is InChI=1S/C12H22N4O2/c1-9-6-15(7-10(2)18-9)11(3)12-13-8-14-16(12)4-5-17/h8-11,17H,4-7H2,1-3H3/t9-,10+,11-/m0/s1. The fourth-order valence-corrected chi connectivity index (χ4v) is 2.56. The van der Waals surface area contributed by atoms with E-state index in [1.54, 1.807) is 11.0 Å². The molecule has 0 bridgehead atoms. The van der Waals surface area contributed by atoms with Crippen LogP contribution < -0.4 is 0 Å². The largest absolute Gasteiger partial charge is 0.394 e. The van der Waals surface area contributed by atoms with Gasteiger partial charge in [0.1, 0.15) is 12.2 Å². The molecule has 0 spiro atoms. The molecule has 0 aromatic carbocycles. The minimum Gasteiger partial charge on any atom is -0.394 e. The molecule has 1 aromatic heterocycles. The summed E-state index contributed by atoms with van der Waals surface area (Å²) in [5.41, 5.74) is 0. The van der Waals surface area contributed by atoms with Crippen molar-refractivity contribution in [2.24, 2.45) is 0 Å². The number of aliphatic hydroxyl groups excluding tert-OH is 1. The molecule has 0 radical (unpaired) electrons. The van der Waals surface area contributed by atoms with Crippen LogP contribution in [0.25, 0.3) is 0 Å². The second-order valence-electron chi connectivity index (χ2n) is 4.95. The third-order valence-corrected chi connectivity index (χ3v) is 3.33. The first kappa shape index (κ1) is 13.5. The summed E-state index contributed by atoms with van der Waals surface area (Å²) in [4.78, 5) is 6.68. The molecule has 2 heterocycles. The van der Waals surface area contributed by atoms with Gasteiger partial charge in [-0.1, -0.05) is 0 Å². The van der Waals surface area contributed by atoms with Gasteiger partial charge < -0.3 is 9.84 Å². The predicted octanol–water partition coefficient (Wildman–Crippen LogP) is 0.441. The van der Waals surface area contributed by atoms with E-state index in [1.807, 2.05) is 0 Å². The van der Waals surface area contributed by atoms with Crippen molar-refractivity contribution < 1.29 is 9.84 Å². The van der Waals surface area contributed by atoms with Crippen molar-refractivity contribution in [3.63, 3.8) is 0 Å². The lowest BCUT2D eigenvalue weighted by Gasteiger charge is -2.38. The third kappa shape index (κ3) is 2.88. The van der Waals surface area contributed by atoms with Crippen LogP contribution in [0.4, 0.5) is 0 Å². The Morgan fingerprint density at radius 1 is 1.44 bits per heavy atom. The van der Waals surface area contributed by atoms with Crippen molar-refractivity contribution in [1.82, 2.24) is 19.7 Å². The SMILES string of the molecule is C[C@@H]1CN([C@@H](C)c2ncnn2CCO)C[C@H](C)O1. The highest BCUT2D eigenvalue weighted by atomic mass is 16.5. The number of morpholine rings is 1. The molecule has 1 aliphatic heterocycles. The zero-order valence-corrected chi connectivity index (χ0v) is 11.3. The number of hydrogen-bond acceptors (Lipinski definition) is 5. The third-order valence-electron chi connectivity index (χ3n) is 3.33. The minimum absolute atomic E-state index is 0.0823. The van der Waals surface area contributed by atoms with E-state index >= 15 is 0 Å². The fraction of sp³-hybridized carbons (Fsp3) is 0.833. The molecule has 6 heteroatoms. The average molecular weight is 254 g/mol. The maximum Gasteiger partial charge on any atom is 0.143 e. The lowest BCUT2D eigenvalue weighted by atomic mass is 10.1. The van der Waals surface area contributed by atoms with Crippen molar-refractivity contribution in [2.45, 2.75) is 45.6 Å². The van der Waals surface area contributed by atoms with E-state index in [0.29, 0.717) is 6.54 Å². The quantitative estimate of drug-likeness (QED) is 0.844. The molecule has 18 heavy (non-hydrogen) atoms. The van der Waals surface area contributed by atoms with Crippen molar-refractivity contribution in [3.8, 4) is 0 Å². The fourth-order valence-electron chi connectivity index (χ4n) is 2.56. The summed E-state index contributed by atoms with van der Waals surface area (Å²) >= 11 is 0. The van der Waals surface area contributed by atoms with Crippen LogP contribution in [-0.4, -0.2) is 56.7 Å². The first-order valence-corrected chi connectivity index (χ1v) is 6.50. The van der Waals surface area contributed by atoms with E-state index in [2.05, 4.69) is 35.8 Å². The molecule has 0 unspecified atom stereocenters. The lowest BCUT2D eigenvalue weighted by Crippen LogP contribution is -2.46. The van der Waals surface area contributed by atoms with Gasteiger partial charge in [0.15, 0.2) is 0 Å². The second kappa shape index (κ2) is 5.77. The number of nitrogens with zero attached hydrogens (tertiary/aromatic N) is 4. The number of ether oxygens (including phenoxy) is 1. The Bertz CT molecular complexity index is 372. The molecule has 3 atom stereocenters. The summed E-state index contributed by atoms with van der Waals surface area (Å²) in [7, 11) is 0. The first-order chi connectivity index (χ1) is 8.61. The summed E-state index contributed by atoms with van der Waals surface area (Å²) in [5.74, 6) is 0.908. The lowest BCUT2D eigenvalue weighted by molar-refractivity contribution is -0.0802. The van der Waals surface area contributed by atoms with Crippen molar-refractivity contribution in [3.05, 3.63) is 12.2 Å². The van der Waals surface area contributed by atoms with Gasteiger partial charge in [0.2, 0.25) is 0 Å². The molecule has 1 fully saturated rings. The van der Waals surface area contributed by atoms with Gasteiger partial charge in [-0.15, -0.1) is 0 Å². The van der Waals surface area contributed by atoms with E-state index in [4.69, 9.17) is 9.84 Å². The molecule has 1 N–H and O–H groups in total. The molecule has 2 rings (SSSR count). The van der Waals surface area contributed by atoms with Crippen LogP contribution in [0.1, 0.15) is 32.6 Å². The Kier molecular flexibility index (Phi) is 4.31. The van der Waals surface area contributed by atoms with Crippen molar-refractivity contribution in [1.29, 1.82) is 0 Å². The molecule has 1 aliphatic rings. The van der Waals surface area contributed by atoms with Crippen LogP contribution in [-0.2, 0) is 11.3 Å². The maximum atomic E-state index is 9.02. The van der Waals surface area contributed by atoms with Crippen LogP contribution in [0.3, 0.4) is 0 Å². The Balaban J connectivity index is 2.09. The van der Waals surface area contributed by atoms with Crippen LogP contribution in [0.2, 0.25) is 0 Å². The van der Waals surface area contributed by atoms with Crippen molar-refractivity contribution in [2.75, 3.05) is 19.7 Å². The molecular formula is C12H22N4O2. The molecule has 1 saturated heterocycles. The monoisotopic (exact) mass is 254 g/mol. The summed E-state index contributed by atoms with van der Waals surface area (Å²) in [6.07, 6.45) is 2.03. The van der Waals surface area contributed by atoms with Gasteiger partial charge in [0, 0.05) is 13.1 Å². The zero-order chi connectivity index (χ0) is 13.1. The van der Waals surface area contributed by atoms with E-state index < -0.39 is 0 Å². The summed E-state index contributed by atoms with van der Waals surface area (Å²) in [6.45, 7) is 8.69. The van der Waals surface area contributed by atoms with Gasteiger partial charge in [-0.2, -0.15) is 5.10 Å². The highest BCUT2D eigenvalue weighted by Crippen LogP contribution is 2.22. The Morgan fingerprint density at radius 3 is 2.72 bits per heavy atom. The van der Waals surface area contributed by atoms with Gasteiger partial charge in [0.05, 0.1) is 31.4 Å². The smallest absolute Gasteiger partial charge is 0.143 e. The van der Waals surface area contributed by atoms with Gasteiger partial charge in [-0.3, -0.25) is 4.90 Å². The molecule has 0 aliphatic carbocycles. The Labute approximate surface area is 108 Å². The van der Waals surface area contributed by atoms with Crippen LogP contribution in [0.15, 0.2) is 6.33 Å². The van der Waals surface area contributed by atoms with Gasteiger partial charge in [0.25, 0.3) is 0 Å². The molecule has 0 saturated carbocycles. The number of hydrogen-bond donors (Lipinski definition) is 1. The Hall–Kier alpha value is -0.980. The predicted molar refractivity (Wildman–Crippen MR) is 67.1 cm³/mol. The van der Waals surface area contributed by atoms with E-state index in [0.717, 1.165) is 18.9 Å². The van der Waals surface area contributed by atoms with Gasteiger partial charge in [-0.05, 0) is 20.8 Å². The van der Waals surface area contributed by atoms with Crippen LogP contribution in [0.5, 0.6) is 0 Å². The highest BCUT2D eigenvalue weighted by molar-refractivity contribution is 4.95. The molecule has 102 valence electrons. The van der Waals surface area contributed by atoms with Gasteiger partial charge in [-0.25, -0.2) is 9.67 Å². The molecule has 0 amide bonds.